The lowest BCUT2D eigenvalue weighted by molar-refractivity contribution is -0.385. The highest BCUT2D eigenvalue weighted by Crippen LogP contribution is 2.28. The summed E-state index contributed by atoms with van der Waals surface area (Å²) >= 11 is 0. The van der Waals surface area contributed by atoms with Gasteiger partial charge in [-0.3, -0.25) is 10.1 Å². The molecule has 0 fully saturated rings. The van der Waals surface area contributed by atoms with Gasteiger partial charge in [0.25, 0.3) is 5.69 Å². The van der Waals surface area contributed by atoms with Gasteiger partial charge in [0.1, 0.15) is 10.6 Å². The smallest absolute Gasteiger partial charge is 0.339 e. The van der Waals surface area contributed by atoms with Gasteiger partial charge in [0, 0.05) is 11.6 Å². The summed E-state index contributed by atoms with van der Waals surface area (Å²) in [5.74, 6) is 0.184. The van der Waals surface area contributed by atoms with Crippen molar-refractivity contribution in [3.05, 3.63) is 63.2 Å². The third-order valence-electron chi connectivity index (χ3n) is 3.12. The van der Waals surface area contributed by atoms with Crippen LogP contribution in [0.2, 0.25) is 0 Å². The molecule has 0 atom stereocenters. The van der Waals surface area contributed by atoms with Crippen LogP contribution < -0.4 is 4.18 Å². The first-order valence-corrected chi connectivity index (χ1v) is 7.88. The molecule has 0 amide bonds. The number of nitro groups is 1. The standard InChI is InChI=1S/C15H15NO5S/c1-10-7-11(2)9-13(8-10)21-22(19,20)15-6-4-5-14(12(15)3)16(17)18/h4-9H,1-3H3. The Morgan fingerprint density at radius 1 is 1.05 bits per heavy atom. The van der Waals surface area contributed by atoms with Gasteiger partial charge in [0.15, 0.2) is 0 Å². The summed E-state index contributed by atoms with van der Waals surface area (Å²) in [5, 5.41) is 10.9. The minimum Gasteiger partial charge on any atom is -0.379 e. The van der Waals surface area contributed by atoms with Crippen molar-refractivity contribution in [2.24, 2.45) is 0 Å². The molecule has 0 saturated carbocycles. The zero-order valence-corrected chi connectivity index (χ0v) is 13.2. The van der Waals surface area contributed by atoms with Crippen molar-refractivity contribution < 1.29 is 17.5 Å². The topological polar surface area (TPSA) is 86.5 Å². The Morgan fingerprint density at radius 3 is 2.18 bits per heavy atom. The maximum Gasteiger partial charge on any atom is 0.339 e. The van der Waals surface area contributed by atoms with E-state index >= 15 is 0 Å². The molecule has 2 aromatic rings. The number of nitro benzene ring substituents is 1. The number of aryl methyl sites for hydroxylation is 2. The molecule has 0 saturated heterocycles. The zero-order valence-electron chi connectivity index (χ0n) is 12.4. The third kappa shape index (κ3) is 3.25. The molecule has 0 heterocycles. The Labute approximate surface area is 128 Å². The van der Waals surface area contributed by atoms with E-state index in [1.807, 2.05) is 19.9 Å². The van der Waals surface area contributed by atoms with Crippen LogP contribution in [0.5, 0.6) is 5.75 Å². The van der Waals surface area contributed by atoms with Crippen LogP contribution in [-0.4, -0.2) is 13.3 Å². The van der Waals surface area contributed by atoms with E-state index in [2.05, 4.69) is 0 Å². The number of benzene rings is 2. The Balaban J connectivity index is 2.47. The van der Waals surface area contributed by atoms with E-state index in [4.69, 9.17) is 4.18 Å². The summed E-state index contributed by atoms with van der Waals surface area (Å²) in [4.78, 5) is 10.1. The van der Waals surface area contributed by atoms with Crippen LogP contribution in [-0.2, 0) is 10.1 Å². The zero-order chi connectivity index (χ0) is 16.5. The highest BCUT2D eigenvalue weighted by molar-refractivity contribution is 7.87. The van der Waals surface area contributed by atoms with Crippen molar-refractivity contribution in [1.29, 1.82) is 0 Å². The van der Waals surface area contributed by atoms with E-state index < -0.39 is 15.0 Å². The largest absolute Gasteiger partial charge is 0.379 e. The highest BCUT2D eigenvalue weighted by atomic mass is 32.2. The molecular formula is C15H15NO5S. The first-order chi connectivity index (χ1) is 10.2. The molecule has 22 heavy (non-hydrogen) atoms. The second-order valence-corrected chi connectivity index (χ2v) is 6.53. The van der Waals surface area contributed by atoms with E-state index in [0.29, 0.717) is 0 Å². The van der Waals surface area contributed by atoms with Crippen molar-refractivity contribution in [3.8, 4) is 5.75 Å². The molecular weight excluding hydrogens is 306 g/mol. The molecule has 0 bridgehead atoms. The first-order valence-electron chi connectivity index (χ1n) is 6.47. The van der Waals surface area contributed by atoms with Gasteiger partial charge in [0.05, 0.1) is 4.92 Å². The maximum absolute atomic E-state index is 12.4. The van der Waals surface area contributed by atoms with Crippen molar-refractivity contribution >= 4 is 15.8 Å². The maximum atomic E-state index is 12.4. The summed E-state index contributed by atoms with van der Waals surface area (Å²) in [5.41, 5.74) is 1.52. The van der Waals surface area contributed by atoms with E-state index in [1.165, 1.54) is 25.1 Å². The highest BCUT2D eigenvalue weighted by Gasteiger charge is 2.24. The van der Waals surface area contributed by atoms with Crippen LogP contribution in [0.3, 0.4) is 0 Å². The van der Waals surface area contributed by atoms with Gasteiger partial charge in [0.2, 0.25) is 0 Å². The summed E-state index contributed by atoms with van der Waals surface area (Å²) in [6.45, 7) is 5.03. The van der Waals surface area contributed by atoms with Crippen LogP contribution in [0.15, 0.2) is 41.3 Å². The average Bonchev–Trinajstić information content (AvgIpc) is 2.36. The molecule has 0 aliphatic carbocycles. The predicted molar refractivity (Wildman–Crippen MR) is 81.6 cm³/mol. The molecule has 6 nitrogen and oxygen atoms in total. The van der Waals surface area contributed by atoms with Gasteiger partial charge in [-0.05, 0) is 50.1 Å². The second-order valence-electron chi connectivity index (χ2n) is 5.02. The number of rotatable bonds is 4. The average molecular weight is 321 g/mol. The molecule has 0 aliphatic heterocycles. The quantitative estimate of drug-likeness (QED) is 0.490. The summed E-state index contributed by atoms with van der Waals surface area (Å²) in [6, 6.07) is 8.95. The van der Waals surface area contributed by atoms with Crippen LogP contribution in [0, 0.1) is 30.9 Å². The van der Waals surface area contributed by atoms with E-state index in [-0.39, 0.29) is 21.9 Å². The molecule has 0 spiro atoms. The fourth-order valence-corrected chi connectivity index (χ4v) is 3.39. The first kappa shape index (κ1) is 16.0. The van der Waals surface area contributed by atoms with Crippen LogP contribution >= 0.6 is 0 Å². The Bertz CT molecular complexity index is 823. The molecule has 0 radical (unpaired) electrons. The lowest BCUT2D eigenvalue weighted by Gasteiger charge is -2.10. The Kier molecular flexibility index (Phi) is 4.18. The number of hydrogen-bond acceptors (Lipinski definition) is 5. The lowest BCUT2D eigenvalue weighted by atomic mass is 10.1. The Hall–Kier alpha value is -2.41. The minimum absolute atomic E-state index is 0.0527. The molecule has 116 valence electrons. The van der Waals surface area contributed by atoms with Crippen molar-refractivity contribution in [3.63, 3.8) is 0 Å². The predicted octanol–water partition coefficient (Wildman–Crippen LogP) is 3.29. The fraction of sp³-hybridized carbons (Fsp3) is 0.200. The van der Waals surface area contributed by atoms with Crippen molar-refractivity contribution in [2.45, 2.75) is 25.7 Å². The van der Waals surface area contributed by atoms with Gasteiger partial charge in [-0.1, -0.05) is 12.1 Å². The SMILES string of the molecule is Cc1cc(C)cc(OS(=O)(=O)c2cccc([N+](=O)[O-])c2C)c1. The summed E-state index contributed by atoms with van der Waals surface area (Å²) in [7, 11) is -4.14. The second kappa shape index (κ2) is 5.76. The van der Waals surface area contributed by atoms with Gasteiger partial charge < -0.3 is 4.18 Å². The van der Waals surface area contributed by atoms with Gasteiger partial charge in [-0.2, -0.15) is 8.42 Å². The fourth-order valence-electron chi connectivity index (χ4n) is 2.22. The van der Waals surface area contributed by atoms with Crippen LogP contribution in [0.1, 0.15) is 16.7 Å². The number of nitrogens with zero attached hydrogens (tertiary/aromatic N) is 1. The molecule has 2 rings (SSSR count). The van der Waals surface area contributed by atoms with E-state index in [9.17, 15) is 18.5 Å². The third-order valence-corrected chi connectivity index (χ3v) is 4.52. The molecule has 0 aliphatic rings. The van der Waals surface area contributed by atoms with Gasteiger partial charge in [-0.25, -0.2) is 0 Å². The summed E-state index contributed by atoms with van der Waals surface area (Å²) < 4.78 is 29.9. The van der Waals surface area contributed by atoms with Crippen molar-refractivity contribution in [1.82, 2.24) is 0 Å². The van der Waals surface area contributed by atoms with Gasteiger partial charge in [-0.15, -0.1) is 0 Å². The van der Waals surface area contributed by atoms with Gasteiger partial charge >= 0.3 is 10.1 Å². The molecule has 0 unspecified atom stereocenters. The molecule has 0 N–H and O–H groups in total. The Morgan fingerprint density at radius 2 is 1.64 bits per heavy atom. The lowest BCUT2D eigenvalue weighted by Crippen LogP contribution is -2.12. The van der Waals surface area contributed by atoms with Crippen LogP contribution in [0.25, 0.3) is 0 Å². The normalized spacial score (nSPS) is 11.2. The molecule has 2 aromatic carbocycles. The number of hydrogen-bond donors (Lipinski definition) is 0. The van der Waals surface area contributed by atoms with E-state index in [1.54, 1.807) is 12.1 Å². The van der Waals surface area contributed by atoms with Crippen LogP contribution in [0.4, 0.5) is 5.69 Å². The van der Waals surface area contributed by atoms with E-state index in [0.717, 1.165) is 11.1 Å². The van der Waals surface area contributed by atoms with Crippen molar-refractivity contribution in [2.75, 3.05) is 0 Å². The minimum atomic E-state index is -4.14. The molecule has 0 aromatic heterocycles. The monoisotopic (exact) mass is 321 g/mol. The summed E-state index contributed by atoms with van der Waals surface area (Å²) in [6.07, 6.45) is 0. The molecule has 7 heteroatoms.